The number of nitrogens with one attached hydrogen (secondary N) is 1. The van der Waals surface area contributed by atoms with Gasteiger partial charge in [0.25, 0.3) is 5.91 Å². The van der Waals surface area contributed by atoms with Crippen LogP contribution in [0.3, 0.4) is 0 Å². The van der Waals surface area contributed by atoms with Crippen LogP contribution in [0, 0.1) is 5.82 Å². The minimum absolute atomic E-state index is 0.199. The highest BCUT2D eigenvalue weighted by atomic mass is 19.1. The topological polar surface area (TPSA) is 52.6 Å². The predicted molar refractivity (Wildman–Crippen MR) is 65.8 cm³/mol. The van der Waals surface area contributed by atoms with Crippen LogP contribution < -0.4 is 5.32 Å². The second-order valence-corrected chi connectivity index (χ2v) is 4.51. The van der Waals surface area contributed by atoms with Crippen LogP contribution in [0.2, 0.25) is 0 Å². The zero-order valence-corrected chi connectivity index (χ0v) is 10.1. The van der Waals surface area contributed by atoms with Gasteiger partial charge in [-0.25, -0.2) is 4.39 Å². The van der Waals surface area contributed by atoms with Gasteiger partial charge in [0.05, 0.1) is 6.10 Å². The van der Waals surface area contributed by atoms with E-state index in [-0.39, 0.29) is 17.8 Å². The smallest absolute Gasteiger partial charge is 0.251 e. The van der Waals surface area contributed by atoms with E-state index in [1.165, 1.54) is 24.3 Å². The molecular formula is C13H17FN2O2. The van der Waals surface area contributed by atoms with Crippen LogP contribution in [-0.2, 0) is 0 Å². The first-order valence-corrected chi connectivity index (χ1v) is 6.09. The molecular weight excluding hydrogens is 235 g/mol. The molecule has 1 atom stereocenters. The van der Waals surface area contributed by atoms with Crippen LogP contribution in [0.4, 0.5) is 4.39 Å². The van der Waals surface area contributed by atoms with Gasteiger partial charge in [0.2, 0.25) is 0 Å². The van der Waals surface area contributed by atoms with E-state index >= 15 is 0 Å². The molecule has 1 aliphatic rings. The molecule has 5 heteroatoms. The van der Waals surface area contributed by atoms with E-state index in [9.17, 15) is 14.3 Å². The van der Waals surface area contributed by atoms with Crippen molar-refractivity contribution in [2.45, 2.75) is 12.5 Å². The highest BCUT2D eigenvalue weighted by molar-refractivity contribution is 5.94. The molecule has 0 saturated carbocycles. The number of likely N-dealkylation sites (tertiary alicyclic amines) is 1. The number of aliphatic hydroxyl groups excluding tert-OH is 1. The molecule has 1 aromatic rings. The molecule has 1 amide bonds. The summed E-state index contributed by atoms with van der Waals surface area (Å²) in [6, 6.07) is 5.46. The Balaban J connectivity index is 1.73. The highest BCUT2D eigenvalue weighted by Gasteiger charge is 2.19. The van der Waals surface area contributed by atoms with Crippen molar-refractivity contribution >= 4 is 5.91 Å². The maximum Gasteiger partial charge on any atom is 0.251 e. The second kappa shape index (κ2) is 5.93. The molecule has 0 aromatic heterocycles. The van der Waals surface area contributed by atoms with E-state index in [2.05, 4.69) is 10.2 Å². The number of nitrogens with zero attached hydrogens (tertiary/aromatic N) is 1. The van der Waals surface area contributed by atoms with Gasteiger partial charge >= 0.3 is 0 Å². The minimum Gasteiger partial charge on any atom is -0.392 e. The van der Waals surface area contributed by atoms with Crippen molar-refractivity contribution < 1.29 is 14.3 Å². The van der Waals surface area contributed by atoms with Gasteiger partial charge in [-0.3, -0.25) is 9.69 Å². The van der Waals surface area contributed by atoms with E-state index in [0.29, 0.717) is 18.7 Å². The van der Waals surface area contributed by atoms with Crippen molar-refractivity contribution in [1.29, 1.82) is 0 Å². The average Bonchev–Trinajstić information content (AvgIpc) is 2.76. The molecule has 18 heavy (non-hydrogen) atoms. The van der Waals surface area contributed by atoms with Crippen LogP contribution in [0.15, 0.2) is 24.3 Å². The fraction of sp³-hybridized carbons (Fsp3) is 0.462. The van der Waals surface area contributed by atoms with Gasteiger partial charge in [-0.05, 0) is 30.7 Å². The molecule has 1 saturated heterocycles. The van der Waals surface area contributed by atoms with Crippen molar-refractivity contribution in [3.05, 3.63) is 35.6 Å². The molecule has 1 aliphatic heterocycles. The summed E-state index contributed by atoms with van der Waals surface area (Å²) in [5, 5.41) is 12.1. The fourth-order valence-corrected chi connectivity index (χ4v) is 2.05. The Morgan fingerprint density at radius 3 is 2.78 bits per heavy atom. The number of amides is 1. The average molecular weight is 252 g/mol. The monoisotopic (exact) mass is 252 g/mol. The molecule has 4 nitrogen and oxygen atoms in total. The molecule has 1 fully saturated rings. The summed E-state index contributed by atoms with van der Waals surface area (Å²) in [4.78, 5) is 13.8. The zero-order chi connectivity index (χ0) is 13.0. The normalized spacial score (nSPS) is 20.0. The summed E-state index contributed by atoms with van der Waals surface area (Å²) < 4.78 is 12.7. The highest BCUT2D eigenvalue weighted by Crippen LogP contribution is 2.07. The first-order valence-electron chi connectivity index (χ1n) is 6.09. The Morgan fingerprint density at radius 1 is 1.44 bits per heavy atom. The number of rotatable bonds is 4. The number of aliphatic hydroxyl groups is 1. The van der Waals surface area contributed by atoms with E-state index in [1.807, 2.05) is 0 Å². The van der Waals surface area contributed by atoms with Crippen molar-refractivity contribution in [2.24, 2.45) is 0 Å². The van der Waals surface area contributed by atoms with E-state index in [0.717, 1.165) is 19.5 Å². The minimum atomic E-state index is -0.349. The summed E-state index contributed by atoms with van der Waals surface area (Å²) in [5.74, 6) is -0.549. The van der Waals surface area contributed by atoms with E-state index in [1.54, 1.807) is 0 Å². The molecule has 1 aromatic carbocycles. The standard InChI is InChI=1S/C13H17FN2O2/c14-11-3-1-10(2-4-11)13(18)15-6-8-16-7-5-12(17)9-16/h1-4,12,17H,5-9H2,(H,15,18). The maximum atomic E-state index is 12.7. The number of hydrogen-bond acceptors (Lipinski definition) is 3. The number of benzene rings is 1. The first-order chi connectivity index (χ1) is 8.65. The Kier molecular flexibility index (Phi) is 4.28. The zero-order valence-electron chi connectivity index (χ0n) is 10.1. The van der Waals surface area contributed by atoms with Gasteiger partial charge in [-0.15, -0.1) is 0 Å². The lowest BCUT2D eigenvalue weighted by Crippen LogP contribution is -2.34. The third kappa shape index (κ3) is 3.51. The molecule has 0 aliphatic carbocycles. The second-order valence-electron chi connectivity index (χ2n) is 4.51. The summed E-state index contributed by atoms with van der Waals surface area (Å²) in [6.45, 7) is 2.80. The summed E-state index contributed by atoms with van der Waals surface area (Å²) in [6.07, 6.45) is 0.559. The van der Waals surface area contributed by atoms with Crippen molar-refractivity contribution in [3.63, 3.8) is 0 Å². The molecule has 0 spiro atoms. The molecule has 2 rings (SSSR count). The van der Waals surface area contributed by atoms with Gasteiger partial charge in [0, 0.05) is 31.7 Å². The lowest BCUT2D eigenvalue weighted by atomic mass is 10.2. The number of carbonyl (C=O) groups is 1. The summed E-state index contributed by atoms with van der Waals surface area (Å²) in [7, 11) is 0. The molecule has 98 valence electrons. The van der Waals surface area contributed by atoms with Crippen LogP contribution in [0.1, 0.15) is 16.8 Å². The lowest BCUT2D eigenvalue weighted by molar-refractivity contribution is 0.0949. The van der Waals surface area contributed by atoms with Crippen molar-refractivity contribution in [1.82, 2.24) is 10.2 Å². The fourth-order valence-electron chi connectivity index (χ4n) is 2.05. The number of halogens is 1. The van der Waals surface area contributed by atoms with Crippen molar-refractivity contribution in [3.8, 4) is 0 Å². The summed E-state index contributed by atoms with van der Waals surface area (Å²) in [5.41, 5.74) is 0.456. The first kappa shape index (κ1) is 13.0. The third-order valence-corrected chi connectivity index (χ3v) is 3.07. The largest absolute Gasteiger partial charge is 0.392 e. The molecule has 1 unspecified atom stereocenters. The molecule has 0 radical (unpaired) electrons. The summed E-state index contributed by atoms with van der Waals surface area (Å²) >= 11 is 0. The third-order valence-electron chi connectivity index (χ3n) is 3.07. The molecule has 0 bridgehead atoms. The maximum absolute atomic E-state index is 12.7. The molecule has 2 N–H and O–H groups in total. The van der Waals surface area contributed by atoms with Crippen LogP contribution in [-0.4, -0.2) is 48.2 Å². The van der Waals surface area contributed by atoms with E-state index < -0.39 is 0 Å². The van der Waals surface area contributed by atoms with Crippen LogP contribution >= 0.6 is 0 Å². The van der Waals surface area contributed by atoms with Gasteiger partial charge in [-0.1, -0.05) is 0 Å². The lowest BCUT2D eigenvalue weighted by Gasteiger charge is -2.15. The van der Waals surface area contributed by atoms with E-state index in [4.69, 9.17) is 0 Å². The Labute approximate surface area is 105 Å². The Hall–Kier alpha value is -1.46. The quantitative estimate of drug-likeness (QED) is 0.826. The Morgan fingerprint density at radius 2 is 2.17 bits per heavy atom. The van der Waals surface area contributed by atoms with Crippen LogP contribution in [0.25, 0.3) is 0 Å². The number of β-amino-alcohol motifs (C(OH)–C–C–N with tert-alkyl or cyclic N) is 1. The van der Waals surface area contributed by atoms with Crippen LogP contribution in [0.5, 0.6) is 0 Å². The van der Waals surface area contributed by atoms with Gasteiger partial charge < -0.3 is 10.4 Å². The number of carbonyl (C=O) groups excluding carboxylic acids is 1. The molecule has 1 heterocycles. The Bertz CT molecular complexity index is 408. The SMILES string of the molecule is O=C(NCCN1CCC(O)C1)c1ccc(F)cc1. The van der Waals surface area contributed by atoms with Gasteiger partial charge in [0.1, 0.15) is 5.82 Å². The van der Waals surface area contributed by atoms with Gasteiger partial charge in [0.15, 0.2) is 0 Å². The predicted octanol–water partition coefficient (Wildman–Crippen LogP) is 0.622. The van der Waals surface area contributed by atoms with Gasteiger partial charge in [-0.2, -0.15) is 0 Å². The van der Waals surface area contributed by atoms with Crippen molar-refractivity contribution in [2.75, 3.05) is 26.2 Å². The number of hydrogen-bond donors (Lipinski definition) is 2.